The molecule has 0 aliphatic rings. The molecule has 1 atom stereocenters. The highest BCUT2D eigenvalue weighted by Gasteiger charge is 2.13. The lowest BCUT2D eigenvalue weighted by molar-refractivity contribution is 0.0440. The minimum Gasteiger partial charge on any atom is -0.461 e. The molecule has 0 aliphatic heterocycles. The number of carbonyl (C=O) groups is 1. The number of nitrogens with two attached hydrogens (primary N) is 1. The Morgan fingerprint density at radius 3 is 2.48 bits per heavy atom. The van der Waals surface area contributed by atoms with Crippen molar-refractivity contribution in [3.63, 3.8) is 0 Å². The molecule has 0 heterocycles. The molecule has 0 bridgehead atoms. The molecule has 1 aromatic carbocycles. The lowest BCUT2D eigenvalue weighted by Gasteiger charge is -2.27. The number of unbranched alkanes of at least 4 members (excludes halogenated alkanes) is 3. The van der Waals surface area contributed by atoms with Gasteiger partial charge in [0.25, 0.3) is 0 Å². The van der Waals surface area contributed by atoms with Gasteiger partial charge < -0.3 is 10.5 Å². The van der Waals surface area contributed by atoms with Gasteiger partial charge in [0.2, 0.25) is 0 Å². The van der Waals surface area contributed by atoms with Crippen LogP contribution in [0.1, 0.15) is 63.2 Å². The van der Waals surface area contributed by atoms with E-state index in [0.717, 1.165) is 13.1 Å². The molecule has 0 amide bonds. The average molecular weight is 320 g/mol. The van der Waals surface area contributed by atoms with Gasteiger partial charge in [0.05, 0.1) is 5.56 Å². The molecule has 1 rings (SSSR count). The first kappa shape index (κ1) is 19.5. The van der Waals surface area contributed by atoms with E-state index in [9.17, 15) is 4.79 Å². The Balaban J connectivity index is 2.30. The van der Waals surface area contributed by atoms with E-state index >= 15 is 0 Å². The van der Waals surface area contributed by atoms with Gasteiger partial charge >= 0.3 is 5.97 Å². The Morgan fingerprint density at radius 1 is 1.17 bits per heavy atom. The van der Waals surface area contributed by atoms with Crippen LogP contribution in [-0.2, 0) is 4.74 Å². The number of anilines is 1. The fraction of sp³-hybridized carbons (Fsp3) is 0.632. The number of nitrogens with zero attached hydrogens (tertiary/aromatic N) is 1. The van der Waals surface area contributed by atoms with E-state index in [-0.39, 0.29) is 5.97 Å². The molecule has 23 heavy (non-hydrogen) atoms. The van der Waals surface area contributed by atoms with Crippen LogP contribution >= 0.6 is 0 Å². The summed E-state index contributed by atoms with van der Waals surface area (Å²) in [6, 6.07) is 7.37. The zero-order valence-electron chi connectivity index (χ0n) is 14.9. The van der Waals surface area contributed by atoms with Gasteiger partial charge in [-0.15, -0.1) is 0 Å². The van der Waals surface area contributed by atoms with E-state index < -0.39 is 0 Å². The molecular weight excluding hydrogens is 288 g/mol. The zero-order valence-corrected chi connectivity index (χ0v) is 14.9. The second kappa shape index (κ2) is 11.1. The standard InChI is InChI=1S/C19H32N2O2/c1-4-6-7-8-9-16(3)21(5-2)14-15-23-19(22)17-10-12-18(20)13-11-17/h10-13,16H,4-9,14-15,20H2,1-3H3. The molecule has 0 fully saturated rings. The fourth-order valence-electron chi connectivity index (χ4n) is 2.70. The van der Waals surface area contributed by atoms with Gasteiger partial charge in [-0.25, -0.2) is 4.79 Å². The maximum absolute atomic E-state index is 12.0. The smallest absolute Gasteiger partial charge is 0.338 e. The summed E-state index contributed by atoms with van der Waals surface area (Å²) in [7, 11) is 0. The summed E-state index contributed by atoms with van der Waals surface area (Å²) in [6.07, 6.45) is 6.38. The highest BCUT2D eigenvalue weighted by molar-refractivity contribution is 5.89. The number of hydrogen-bond donors (Lipinski definition) is 1. The Bertz CT molecular complexity index is 445. The van der Waals surface area contributed by atoms with Crippen LogP contribution in [0.3, 0.4) is 0 Å². The molecule has 1 unspecified atom stereocenters. The fourth-order valence-corrected chi connectivity index (χ4v) is 2.70. The predicted molar refractivity (Wildman–Crippen MR) is 96.6 cm³/mol. The largest absolute Gasteiger partial charge is 0.461 e. The van der Waals surface area contributed by atoms with Crippen molar-refractivity contribution in [2.75, 3.05) is 25.4 Å². The molecule has 4 heteroatoms. The number of rotatable bonds is 11. The number of benzene rings is 1. The molecular formula is C19H32N2O2. The van der Waals surface area contributed by atoms with Crippen molar-refractivity contribution in [3.8, 4) is 0 Å². The number of ether oxygens (including phenoxy) is 1. The first-order valence-electron chi connectivity index (χ1n) is 8.85. The number of likely N-dealkylation sites (N-methyl/N-ethyl adjacent to an activating group) is 1. The van der Waals surface area contributed by atoms with Gasteiger partial charge in [0, 0.05) is 18.3 Å². The van der Waals surface area contributed by atoms with Crippen LogP contribution in [0.5, 0.6) is 0 Å². The lowest BCUT2D eigenvalue weighted by atomic mass is 10.1. The van der Waals surface area contributed by atoms with Crippen molar-refractivity contribution in [1.29, 1.82) is 0 Å². The average Bonchev–Trinajstić information content (AvgIpc) is 2.56. The molecule has 130 valence electrons. The molecule has 0 aromatic heterocycles. The number of esters is 1. The van der Waals surface area contributed by atoms with Gasteiger partial charge in [-0.1, -0.05) is 39.5 Å². The Kier molecular flexibility index (Phi) is 9.37. The second-order valence-corrected chi connectivity index (χ2v) is 6.08. The SMILES string of the molecule is CCCCCCC(C)N(CC)CCOC(=O)c1ccc(N)cc1. The summed E-state index contributed by atoms with van der Waals surface area (Å²) in [4.78, 5) is 14.3. The second-order valence-electron chi connectivity index (χ2n) is 6.08. The van der Waals surface area contributed by atoms with Crippen LogP contribution in [0.15, 0.2) is 24.3 Å². The summed E-state index contributed by atoms with van der Waals surface area (Å²) in [5.74, 6) is -0.281. The van der Waals surface area contributed by atoms with Gasteiger partial charge in [0.15, 0.2) is 0 Å². The summed E-state index contributed by atoms with van der Waals surface area (Å²) in [5, 5.41) is 0. The summed E-state index contributed by atoms with van der Waals surface area (Å²) in [6.45, 7) is 8.84. The Morgan fingerprint density at radius 2 is 1.87 bits per heavy atom. The minimum absolute atomic E-state index is 0.281. The van der Waals surface area contributed by atoms with Crippen molar-refractivity contribution < 1.29 is 9.53 Å². The summed E-state index contributed by atoms with van der Waals surface area (Å²) < 4.78 is 5.37. The van der Waals surface area contributed by atoms with E-state index in [1.54, 1.807) is 24.3 Å². The highest BCUT2D eigenvalue weighted by Crippen LogP contribution is 2.11. The Labute approximate surface area is 141 Å². The monoisotopic (exact) mass is 320 g/mol. The minimum atomic E-state index is -0.281. The van der Waals surface area contributed by atoms with E-state index in [1.807, 2.05) is 0 Å². The van der Waals surface area contributed by atoms with Gasteiger partial charge in [0.1, 0.15) is 6.61 Å². The maximum Gasteiger partial charge on any atom is 0.338 e. The van der Waals surface area contributed by atoms with E-state index in [1.165, 1.54) is 32.1 Å². The zero-order chi connectivity index (χ0) is 17.1. The van der Waals surface area contributed by atoms with Crippen molar-refractivity contribution in [1.82, 2.24) is 4.90 Å². The third-order valence-electron chi connectivity index (χ3n) is 4.26. The molecule has 0 radical (unpaired) electrons. The van der Waals surface area contributed by atoms with E-state index in [2.05, 4.69) is 25.7 Å². The first-order valence-corrected chi connectivity index (χ1v) is 8.85. The topological polar surface area (TPSA) is 55.6 Å². The maximum atomic E-state index is 12.0. The van der Waals surface area contributed by atoms with Gasteiger partial charge in [-0.2, -0.15) is 0 Å². The van der Waals surface area contributed by atoms with Crippen LogP contribution in [0, 0.1) is 0 Å². The van der Waals surface area contributed by atoms with E-state index in [4.69, 9.17) is 10.5 Å². The van der Waals surface area contributed by atoms with Crippen LogP contribution < -0.4 is 5.73 Å². The van der Waals surface area contributed by atoms with Crippen molar-refractivity contribution >= 4 is 11.7 Å². The van der Waals surface area contributed by atoms with Crippen LogP contribution in [0.25, 0.3) is 0 Å². The number of nitrogen functional groups attached to an aromatic ring is 1. The Hall–Kier alpha value is -1.55. The summed E-state index contributed by atoms with van der Waals surface area (Å²) in [5.41, 5.74) is 6.82. The number of carbonyl (C=O) groups excluding carboxylic acids is 1. The molecule has 0 aliphatic carbocycles. The predicted octanol–water partition coefficient (Wildman–Crippen LogP) is 4.11. The molecule has 2 N–H and O–H groups in total. The van der Waals surface area contributed by atoms with Gasteiger partial charge in [-0.3, -0.25) is 4.90 Å². The quantitative estimate of drug-likeness (QED) is 0.379. The first-order chi connectivity index (χ1) is 11.1. The summed E-state index contributed by atoms with van der Waals surface area (Å²) >= 11 is 0. The van der Waals surface area contributed by atoms with Crippen molar-refractivity contribution in [2.45, 2.75) is 58.9 Å². The normalized spacial score (nSPS) is 12.3. The molecule has 0 saturated carbocycles. The van der Waals surface area contributed by atoms with E-state index in [0.29, 0.717) is 23.9 Å². The van der Waals surface area contributed by atoms with Crippen LogP contribution in [0.4, 0.5) is 5.69 Å². The molecule has 4 nitrogen and oxygen atoms in total. The van der Waals surface area contributed by atoms with Gasteiger partial charge in [-0.05, 0) is 44.2 Å². The van der Waals surface area contributed by atoms with Crippen molar-refractivity contribution in [2.24, 2.45) is 0 Å². The number of hydrogen-bond acceptors (Lipinski definition) is 4. The molecule has 0 spiro atoms. The van der Waals surface area contributed by atoms with Crippen molar-refractivity contribution in [3.05, 3.63) is 29.8 Å². The molecule has 1 aromatic rings. The van der Waals surface area contributed by atoms with Crippen LogP contribution in [0.2, 0.25) is 0 Å². The van der Waals surface area contributed by atoms with Crippen LogP contribution in [-0.4, -0.2) is 36.6 Å². The lowest BCUT2D eigenvalue weighted by Crippen LogP contribution is -2.36. The third-order valence-corrected chi connectivity index (χ3v) is 4.26. The third kappa shape index (κ3) is 7.51. The molecule has 0 saturated heterocycles. The highest BCUT2D eigenvalue weighted by atomic mass is 16.5.